The van der Waals surface area contributed by atoms with Crippen LogP contribution in [0.25, 0.3) is 0 Å². The van der Waals surface area contributed by atoms with Crippen LogP contribution in [0.2, 0.25) is 6.04 Å². The van der Waals surface area contributed by atoms with Crippen molar-refractivity contribution in [1.29, 1.82) is 0 Å². The molecule has 0 N–H and O–H groups in total. The van der Waals surface area contributed by atoms with Gasteiger partial charge < -0.3 is 0 Å². The lowest BCUT2D eigenvalue weighted by Gasteiger charge is -2.38. The number of carbonyl (C=O) groups is 1. The molecule has 0 radical (unpaired) electrons. The van der Waals surface area contributed by atoms with Gasteiger partial charge in [-0.2, -0.15) is 0 Å². The molecule has 4 rings (SSSR count). The number of rotatable bonds is 2. The Kier molecular flexibility index (Phi) is 3.42. The Balaban J connectivity index is 2.00. The lowest BCUT2D eigenvalue weighted by atomic mass is 10.0. The molecule has 1 atom stereocenters. The number of hydrogen-bond donors (Lipinski definition) is 0. The Bertz CT molecular complexity index is 763. The van der Waals surface area contributed by atoms with E-state index in [-0.39, 0.29) is 11.7 Å². The van der Waals surface area contributed by atoms with E-state index in [0.29, 0.717) is 0 Å². The molecule has 2 aromatic rings. The molecule has 114 valence electrons. The molecule has 0 amide bonds. The molecule has 0 saturated heterocycles. The number of carbonyl (C=O) groups excluding carboxylic acids is 1. The van der Waals surface area contributed by atoms with Crippen LogP contribution < -0.4 is 10.4 Å². The van der Waals surface area contributed by atoms with Crippen molar-refractivity contribution in [1.82, 2.24) is 0 Å². The van der Waals surface area contributed by atoms with Crippen LogP contribution in [0.3, 0.4) is 0 Å². The largest absolute Gasteiger partial charge is 0.294 e. The second-order valence-electron chi connectivity index (χ2n) is 6.52. The normalized spacial score (nSPS) is 22.3. The van der Waals surface area contributed by atoms with E-state index in [2.05, 4.69) is 73.7 Å². The molecule has 23 heavy (non-hydrogen) atoms. The van der Waals surface area contributed by atoms with Crippen LogP contribution in [-0.4, -0.2) is 13.9 Å². The van der Waals surface area contributed by atoms with Crippen LogP contribution in [0, 0.1) is 5.92 Å². The van der Waals surface area contributed by atoms with E-state index in [1.165, 1.54) is 21.1 Å². The SMILES string of the molecule is CC1C(=O)C=C2C1=CCC[Si]2(c1ccccc1)c1ccccc1. The van der Waals surface area contributed by atoms with Crippen LogP contribution in [0.5, 0.6) is 0 Å². The molecule has 2 heteroatoms. The van der Waals surface area contributed by atoms with Gasteiger partial charge in [0.05, 0.1) is 0 Å². The Morgan fingerprint density at radius 1 is 0.913 bits per heavy atom. The van der Waals surface area contributed by atoms with Crippen LogP contribution in [-0.2, 0) is 4.79 Å². The standard InChI is InChI=1S/C21H20OSi/c1-16-19-13-8-14-23(21(19)15-20(16)22,17-9-4-2-5-10-17)18-11-6-3-7-12-18/h2-7,9-13,15-16H,8,14H2,1H3. The van der Waals surface area contributed by atoms with E-state index in [4.69, 9.17) is 0 Å². The topological polar surface area (TPSA) is 17.1 Å². The molecule has 0 fully saturated rings. The molecular formula is C21H20OSi. The van der Waals surface area contributed by atoms with E-state index in [1.54, 1.807) is 0 Å². The van der Waals surface area contributed by atoms with E-state index < -0.39 is 8.07 Å². The second-order valence-corrected chi connectivity index (χ2v) is 10.5. The third-order valence-corrected chi connectivity index (χ3v) is 10.4. The van der Waals surface area contributed by atoms with Crippen molar-refractivity contribution < 1.29 is 4.79 Å². The summed E-state index contributed by atoms with van der Waals surface area (Å²) in [5.41, 5.74) is 1.29. The maximum Gasteiger partial charge on any atom is 0.162 e. The Morgan fingerprint density at radius 3 is 2.04 bits per heavy atom. The molecule has 0 bridgehead atoms. The molecule has 0 saturated carbocycles. The van der Waals surface area contributed by atoms with E-state index in [1.807, 2.05) is 6.08 Å². The highest BCUT2D eigenvalue weighted by atomic mass is 28.3. The van der Waals surface area contributed by atoms with Gasteiger partial charge in [0, 0.05) is 5.92 Å². The van der Waals surface area contributed by atoms with E-state index in [9.17, 15) is 4.79 Å². The number of ketones is 1. The lowest BCUT2D eigenvalue weighted by Crippen LogP contribution is -2.61. The summed E-state index contributed by atoms with van der Waals surface area (Å²) in [6.45, 7) is 2.05. The summed E-state index contributed by atoms with van der Waals surface area (Å²) < 4.78 is 0. The maximum absolute atomic E-state index is 12.4. The Labute approximate surface area is 138 Å². The fourth-order valence-electron chi connectivity index (χ4n) is 4.18. The zero-order valence-electron chi connectivity index (χ0n) is 13.3. The molecule has 1 aliphatic carbocycles. The smallest absolute Gasteiger partial charge is 0.162 e. The van der Waals surface area contributed by atoms with Crippen molar-refractivity contribution in [3.8, 4) is 0 Å². The molecule has 1 unspecified atom stereocenters. The summed E-state index contributed by atoms with van der Waals surface area (Å²) in [5.74, 6) is 0.307. The van der Waals surface area contributed by atoms with Gasteiger partial charge in [-0.05, 0) is 39.7 Å². The van der Waals surface area contributed by atoms with Crippen molar-refractivity contribution in [2.75, 3.05) is 0 Å². The van der Waals surface area contributed by atoms with Crippen LogP contribution in [0.1, 0.15) is 13.3 Å². The molecule has 2 aromatic carbocycles. The first-order chi connectivity index (χ1) is 11.2. The molecule has 2 aliphatic rings. The lowest BCUT2D eigenvalue weighted by molar-refractivity contribution is -0.116. The van der Waals surface area contributed by atoms with Gasteiger partial charge in [0.15, 0.2) is 5.78 Å². The molecular weight excluding hydrogens is 296 g/mol. The van der Waals surface area contributed by atoms with Gasteiger partial charge in [0.1, 0.15) is 8.07 Å². The quantitative estimate of drug-likeness (QED) is 0.777. The van der Waals surface area contributed by atoms with Crippen molar-refractivity contribution in [3.63, 3.8) is 0 Å². The first-order valence-corrected chi connectivity index (χ1v) is 10.5. The zero-order chi connectivity index (χ0) is 15.9. The zero-order valence-corrected chi connectivity index (χ0v) is 14.3. The van der Waals surface area contributed by atoms with Crippen molar-refractivity contribution >= 4 is 24.2 Å². The van der Waals surface area contributed by atoms with Crippen LogP contribution in [0.15, 0.2) is 83.6 Å². The van der Waals surface area contributed by atoms with Crippen LogP contribution in [0.4, 0.5) is 0 Å². The fraction of sp³-hybridized carbons (Fsp3) is 0.190. The van der Waals surface area contributed by atoms with Gasteiger partial charge in [0.2, 0.25) is 0 Å². The first kappa shape index (κ1) is 14.4. The summed E-state index contributed by atoms with van der Waals surface area (Å²) in [6, 6.07) is 22.9. The molecule has 1 aliphatic heterocycles. The van der Waals surface area contributed by atoms with Crippen molar-refractivity contribution in [2.45, 2.75) is 19.4 Å². The van der Waals surface area contributed by atoms with Gasteiger partial charge in [-0.3, -0.25) is 4.79 Å². The van der Waals surface area contributed by atoms with E-state index >= 15 is 0 Å². The molecule has 0 aromatic heterocycles. The maximum atomic E-state index is 12.4. The number of hydrogen-bond acceptors (Lipinski definition) is 1. The number of benzene rings is 2. The Hall–Kier alpha value is -2.19. The highest BCUT2D eigenvalue weighted by Gasteiger charge is 2.47. The Morgan fingerprint density at radius 2 is 1.48 bits per heavy atom. The first-order valence-electron chi connectivity index (χ1n) is 8.31. The van der Waals surface area contributed by atoms with Gasteiger partial charge in [0.25, 0.3) is 0 Å². The summed E-state index contributed by atoms with van der Waals surface area (Å²) in [6.07, 6.45) is 5.33. The summed E-state index contributed by atoms with van der Waals surface area (Å²) >= 11 is 0. The number of allylic oxidation sites excluding steroid dienone is 4. The summed E-state index contributed by atoms with van der Waals surface area (Å²) in [4.78, 5) is 12.4. The predicted molar refractivity (Wildman–Crippen MR) is 97.7 cm³/mol. The molecule has 1 nitrogen and oxygen atoms in total. The highest BCUT2D eigenvalue weighted by Crippen LogP contribution is 2.40. The minimum Gasteiger partial charge on any atom is -0.294 e. The van der Waals surface area contributed by atoms with Gasteiger partial charge in [-0.1, -0.05) is 73.7 Å². The van der Waals surface area contributed by atoms with Gasteiger partial charge >= 0.3 is 0 Å². The predicted octanol–water partition coefficient (Wildman–Crippen LogP) is 3.26. The van der Waals surface area contributed by atoms with Crippen molar-refractivity contribution in [2.24, 2.45) is 5.92 Å². The third kappa shape index (κ3) is 2.09. The molecule has 1 heterocycles. The minimum absolute atomic E-state index is 0.0320. The van der Waals surface area contributed by atoms with Crippen LogP contribution >= 0.6 is 0 Å². The van der Waals surface area contributed by atoms with Crippen molar-refractivity contribution in [3.05, 3.63) is 83.6 Å². The monoisotopic (exact) mass is 316 g/mol. The highest BCUT2D eigenvalue weighted by molar-refractivity contribution is 7.08. The van der Waals surface area contributed by atoms with E-state index in [0.717, 1.165) is 12.5 Å². The number of fused-ring (bicyclic) bond motifs is 1. The van der Waals surface area contributed by atoms with Gasteiger partial charge in [-0.15, -0.1) is 0 Å². The summed E-state index contributed by atoms with van der Waals surface area (Å²) in [5, 5.41) is 4.19. The fourth-order valence-corrected chi connectivity index (χ4v) is 9.29. The molecule has 0 spiro atoms. The average Bonchev–Trinajstić information content (AvgIpc) is 2.91. The summed E-state index contributed by atoms with van der Waals surface area (Å²) in [7, 11) is -2.08. The third-order valence-electron chi connectivity index (χ3n) is 5.37. The second kappa shape index (κ2) is 5.46. The minimum atomic E-state index is -2.08. The van der Waals surface area contributed by atoms with Gasteiger partial charge in [-0.25, -0.2) is 0 Å². The average molecular weight is 316 g/mol.